The lowest BCUT2D eigenvalue weighted by Gasteiger charge is -2.35. The molecule has 4 aromatic rings. The molecule has 186 valence electrons. The van der Waals surface area contributed by atoms with E-state index in [-0.39, 0.29) is 12.6 Å². The van der Waals surface area contributed by atoms with Gasteiger partial charge in [-0.2, -0.15) is 0 Å². The van der Waals surface area contributed by atoms with Crippen molar-refractivity contribution in [2.75, 3.05) is 19.8 Å². The van der Waals surface area contributed by atoms with Crippen LogP contribution in [-0.2, 0) is 6.42 Å². The Bertz CT molecular complexity index is 1350. The van der Waals surface area contributed by atoms with Crippen molar-refractivity contribution in [2.24, 2.45) is 0 Å². The number of aromatic nitrogens is 1. The minimum atomic E-state index is -0.393. The lowest BCUT2D eigenvalue weighted by atomic mass is 9.92. The zero-order chi connectivity index (χ0) is 25.1. The second-order valence-electron chi connectivity index (χ2n) is 9.08. The Hall–Kier alpha value is -3.48. The quantitative estimate of drug-likeness (QED) is 0.284. The first-order valence-electron chi connectivity index (χ1n) is 12.2. The first-order chi connectivity index (χ1) is 17.5. The van der Waals surface area contributed by atoms with Crippen molar-refractivity contribution in [1.29, 1.82) is 0 Å². The highest BCUT2D eigenvalue weighted by atomic mass is 35.5. The fraction of sp³-hybridized carbons (Fsp3) is 0.276. The summed E-state index contributed by atoms with van der Waals surface area (Å²) in [6.45, 7) is 3.22. The van der Waals surface area contributed by atoms with E-state index in [0.717, 1.165) is 39.9 Å². The van der Waals surface area contributed by atoms with Crippen LogP contribution in [0.1, 0.15) is 41.3 Å². The predicted molar refractivity (Wildman–Crippen MR) is 141 cm³/mol. The Balaban J connectivity index is 1.47. The lowest BCUT2D eigenvalue weighted by Crippen LogP contribution is -2.42. The number of amides is 1. The number of carbonyl (C=O) groups excluding carboxylic acids is 1. The molecule has 0 unspecified atom stereocenters. The number of H-pyrrole nitrogens is 1. The van der Waals surface area contributed by atoms with Crippen LogP contribution in [0.25, 0.3) is 10.9 Å². The normalized spacial score (nSPS) is 15.1. The molecule has 0 bridgehead atoms. The molecule has 3 aromatic carbocycles. The van der Waals surface area contributed by atoms with Crippen molar-refractivity contribution in [3.63, 3.8) is 0 Å². The summed E-state index contributed by atoms with van der Waals surface area (Å²) in [5.74, 6) is 1.27. The van der Waals surface area contributed by atoms with E-state index in [2.05, 4.69) is 4.98 Å². The van der Waals surface area contributed by atoms with Crippen molar-refractivity contribution in [3.05, 3.63) is 94.1 Å². The topological polar surface area (TPSA) is 74.8 Å². The fourth-order valence-electron chi connectivity index (χ4n) is 4.72. The highest BCUT2D eigenvalue weighted by Gasteiger charge is 2.35. The predicted octanol–water partition coefficient (Wildman–Crippen LogP) is 6.43. The van der Waals surface area contributed by atoms with Gasteiger partial charge in [0.1, 0.15) is 17.5 Å². The van der Waals surface area contributed by atoms with Crippen LogP contribution < -0.4 is 9.47 Å². The average molecular weight is 505 g/mol. The number of hydrogen-bond acceptors (Lipinski definition) is 4. The maximum absolute atomic E-state index is 13.4. The summed E-state index contributed by atoms with van der Waals surface area (Å²) in [4.78, 5) is 18.7. The van der Waals surface area contributed by atoms with E-state index < -0.39 is 6.09 Å². The SMILES string of the molecule is Cc1ccc(OC(=O)N2CCc3c([nH]c4ccc(Cl)cc34)[C@@H]2c2ccc(OCCCCO)cc2)cc1. The minimum Gasteiger partial charge on any atom is -0.494 e. The third-order valence-electron chi connectivity index (χ3n) is 6.57. The van der Waals surface area contributed by atoms with E-state index in [1.165, 1.54) is 5.56 Å². The molecule has 0 spiro atoms. The molecule has 1 atom stereocenters. The molecular weight excluding hydrogens is 476 g/mol. The summed E-state index contributed by atoms with van der Waals surface area (Å²) >= 11 is 6.30. The number of hydrogen-bond donors (Lipinski definition) is 2. The summed E-state index contributed by atoms with van der Waals surface area (Å²) < 4.78 is 11.6. The number of nitrogens with zero attached hydrogens (tertiary/aromatic N) is 1. The number of ether oxygens (including phenoxy) is 2. The Labute approximate surface area is 215 Å². The number of rotatable bonds is 7. The van der Waals surface area contributed by atoms with Crippen LogP contribution >= 0.6 is 11.6 Å². The molecule has 36 heavy (non-hydrogen) atoms. The van der Waals surface area contributed by atoms with Crippen LogP contribution in [-0.4, -0.2) is 40.8 Å². The summed E-state index contributed by atoms with van der Waals surface area (Å²) in [5.41, 5.74) is 5.19. The molecule has 1 amide bonds. The van der Waals surface area contributed by atoms with Gasteiger partial charge in [0.05, 0.1) is 6.61 Å². The molecule has 0 saturated carbocycles. The van der Waals surface area contributed by atoms with Gasteiger partial charge in [-0.3, -0.25) is 4.90 Å². The van der Waals surface area contributed by atoms with Crippen molar-refractivity contribution in [3.8, 4) is 11.5 Å². The molecule has 7 heteroatoms. The van der Waals surface area contributed by atoms with E-state index in [1.807, 2.05) is 73.7 Å². The number of carbonyl (C=O) groups is 1. The van der Waals surface area contributed by atoms with Crippen molar-refractivity contribution >= 4 is 28.6 Å². The molecule has 1 aromatic heterocycles. The van der Waals surface area contributed by atoms with Crippen molar-refractivity contribution in [1.82, 2.24) is 9.88 Å². The van der Waals surface area contributed by atoms with Gasteiger partial charge in [0.2, 0.25) is 0 Å². The van der Waals surface area contributed by atoms with Gasteiger partial charge < -0.3 is 19.6 Å². The highest BCUT2D eigenvalue weighted by Crippen LogP contribution is 2.40. The molecule has 1 aliphatic heterocycles. The maximum atomic E-state index is 13.4. The number of aryl methyl sites for hydroxylation is 1. The Kier molecular flexibility index (Phi) is 7.16. The van der Waals surface area contributed by atoms with Crippen LogP contribution in [0.5, 0.6) is 11.5 Å². The first kappa shape index (κ1) is 24.2. The molecule has 5 rings (SSSR count). The van der Waals surface area contributed by atoms with Crippen LogP contribution in [0, 0.1) is 6.92 Å². The zero-order valence-corrected chi connectivity index (χ0v) is 20.9. The van der Waals surface area contributed by atoms with E-state index in [0.29, 0.717) is 36.8 Å². The number of fused-ring (bicyclic) bond motifs is 3. The third-order valence-corrected chi connectivity index (χ3v) is 6.80. The molecule has 0 fully saturated rings. The van der Waals surface area contributed by atoms with E-state index >= 15 is 0 Å². The van der Waals surface area contributed by atoms with Crippen LogP contribution in [0.2, 0.25) is 5.02 Å². The van der Waals surface area contributed by atoms with E-state index in [9.17, 15) is 4.79 Å². The summed E-state index contributed by atoms with van der Waals surface area (Å²) in [5, 5.41) is 10.7. The van der Waals surface area contributed by atoms with E-state index in [4.69, 9.17) is 26.2 Å². The highest BCUT2D eigenvalue weighted by molar-refractivity contribution is 6.31. The van der Waals surface area contributed by atoms with Crippen molar-refractivity contribution < 1.29 is 19.4 Å². The first-order valence-corrected chi connectivity index (χ1v) is 12.6. The summed E-state index contributed by atoms with van der Waals surface area (Å²) in [7, 11) is 0. The third kappa shape index (κ3) is 5.06. The molecule has 0 radical (unpaired) electrons. The Morgan fingerprint density at radius 2 is 1.81 bits per heavy atom. The second kappa shape index (κ2) is 10.6. The minimum absolute atomic E-state index is 0.163. The van der Waals surface area contributed by atoms with Gasteiger partial charge in [-0.15, -0.1) is 0 Å². The smallest absolute Gasteiger partial charge is 0.416 e. The van der Waals surface area contributed by atoms with Gasteiger partial charge >= 0.3 is 6.09 Å². The van der Waals surface area contributed by atoms with Gasteiger partial charge in [0.15, 0.2) is 0 Å². The van der Waals surface area contributed by atoms with Gasteiger partial charge in [-0.1, -0.05) is 41.4 Å². The van der Waals surface area contributed by atoms with Crippen LogP contribution in [0.3, 0.4) is 0 Å². The average Bonchev–Trinajstić information content (AvgIpc) is 3.25. The van der Waals surface area contributed by atoms with Crippen molar-refractivity contribution in [2.45, 2.75) is 32.2 Å². The summed E-state index contributed by atoms with van der Waals surface area (Å²) in [6, 6.07) is 20.8. The van der Waals surface area contributed by atoms with Crippen LogP contribution in [0.4, 0.5) is 4.79 Å². The van der Waals surface area contributed by atoms with E-state index in [1.54, 1.807) is 4.90 Å². The monoisotopic (exact) mass is 504 g/mol. The number of nitrogens with one attached hydrogen (secondary N) is 1. The number of unbranched alkanes of at least 4 members (excludes halogenated alkanes) is 1. The van der Waals surface area contributed by atoms with Gasteiger partial charge in [-0.25, -0.2) is 4.79 Å². The molecule has 6 nitrogen and oxygen atoms in total. The van der Waals surface area contributed by atoms with Gasteiger partial charge in [0.25, 0.3) is 0 Å². The Morgan fingerprint density at radius 3 is 2.56 bits per heavy atom. The number of aliphatic hydroxyl groups is 1. The number of halogens is 1. The fourth-order valence-corrected chi connectivity index (χ4v) is 4.89. The van der Waals surface area contributed by atoms with Gasteiger partial charge in [-0.05, 0) is 79.8 Å². The molecule has 0 saturated heterocycles. The number of benzene rings is 3. The van der Waals surface area contributed by atoms with Crippen LogP contribution in [0.15, 0.2) is 66.7 Å². The molecular formula is C29H29ClN2O4. The Morgan fingerprint density at radius 1 is 1.06 bits per heavy atom. The summed E-state index contributed by atoms with van der Waals surface area (Å²) in [6.07, 6.45) is 1.81. The van der Waals surface area contributed by atoms with Gasteiger partial charge in [0, 0.05) is 34.8 Å². The molecule has 2 heterocycles. The lowest BCUT2D eigenvalue weighted by molar-refractivity contribution is 0.135. The molecule has 1 aliphatic rings. The maximum Gasteiger partial charge on any atom is 0.416 e. The largest absolute Gasteiger partial charge is 0.494 e. The second-order valence-corrected chi connectivity index (χ2v) is 9.52. The number of aliphatic hydroxyl groups excluding tert-OH is 1. The molecule has 0 aliphatic carbocycles. The standard InChI is InChI=1S/C29H29ClN2O4/c1-19-4-9-23(10-5-19)36-29(34)32-15-14-24-25-18-21(30)8-13-26(25)31-27(24)28(32)20-6-11-22(12-7-20)35-17-3-2-16-33/h4-13,18,28,31,33H,2-3,14-17H2,1H3/t28-/m0/s1. The zero-order valence-electron chi connectivity index (χ0n) is 20.2. The number of aromatic amines is 1. The molecule has 2 N–H and O–H groups in total.